The molecule has 1 unspecified atom stereocenters. The van der Waals surface area contributed by atoms with Crippen molar-refractivity contribution in [2.45, 2.75) is 12.5 Å². The number of benzene rings is 3. The zero-order chi connectivity index (χ0) is 21.9. The van der Waals surface area contributed by atoms with Gasteiger partial charge in [-0.05, 0) is 24.3 Å². The molecule has 6 heteroatoms. The van der Waals surface area contributed by atoms with Gasteiger partial charge < -0.3 is 10.1 Å². The van der Waals surface area contributed by atoms with E-state index in [1.165, 1.54) is 0 Å². The normalized spacial score (nSPS) is 11.4. The SMILES string of the molecule is O=C(NC(CCOC(=O)c1ccccc1)CSC(=O)c1ccccc1)c1ccccc1. The van der Waals surface area contributed by atoms with Crippen molar-refractivity contribution >= 4 is 28.8 Å². The van der Waals surface area contributed by atoms with Crippen LogP contribution in [0.2, 0.25) is 0 Å². The Morgan fingerprint density at radius 1 is 0.742 bits per heavy atom. The summed E-state index contributed by atoms with van der Waals surface area (Å²) in [6.45, 7) is 0.132. The lowest BCUT2D eigenvalue weighted by molar-refractivity contribution is 0.0492. The summed E-state index contributed by atoms with van der Waals surface area (Å²) >= 11 is 1.14. The van der Waals surface area contributed by atoms with Crippen LogP contribution in [0, 0.1) is 0 Å². The van der Waals surface area contributed by atoms with E-state index in [4.69, 9.17) is 4.74 Å². The van der Waals surface area contributed by atoms with Gasteiger partial charge in [0.1, 0.15) is 0 Å². The van der Waals surface area contributed by atoms with Crippen molar-refractivity contribution < 1.29 is 19.1 Å². The number of ether oxygens (including phenoxy) is 1. The molecule has 0 aromatic heterocycles. The minimum Gasteiger partial charge on any atom is -0.462 e. The Labute approximate surface area is 185 Å². The Morgan fingerprint density at radius 3 is 1.84 bits per heavy atom. The molecule has 0 saturated carbocycles. The molecule has 158 valence electrons. The molecule has 0 heterocycles. The fourth-order valence-electron chi connectivity index (χ4n) is 2.84. The zero-order valence-corrected chi connectivity index (χ0v) is 17.7. The maximum atomic E-state index is 12.6. The Hall–Kier alpha value is -3.38. The van der Waals surface area contributed by atoms with Crippen LogP contribution in [0.3, 0.4) is 0 Å². The number of carbonyl (C=O) groups is 3. The van der Waals surface area contributed by atoms with Gasteiger partial charge in [0.25, 0.3) is 5.91 Å². The average molecular weight is 434 g/mol. The molecule has 0 spiro atoms. The Morgan fingerprint density at radius 2 is 1.26 bits per heavy atom. The molecular formula is C25H23NO4S. The van der Waals surface area contributed by atoms with Crippen LogP contribution < -0.4 is 5.32 Å². The zero-order valence-electron chi connectivity index (χ0n) is 16.9. The average Bonchev–Trinajstić information content (AvgIpc) is 2.83. The minimum absolute atomic E-state index is 0.0687. The maximum Gasteiger partial charge on any atom is 0.338 e. The molecule has 3 aromatic carbocycles. The molecule has 3 rings (SSSR count). The second kappa shape index (κ2) is 11.7. The summed E-state index contributed by atoms with van der Waals surface area (Å²) in [6, 6.07) is 26.3. The van der Waals surface area contributed by atoms with E-state index in [0.29, 0.717) is 28.9 Å². The molecule has 3 aromatic rings. The predicted molar refractivity (Wildman–Crippen MR) is 122 cm³/mol. The van der Waals surface area contributed by atoms with Crippen molar-refractivity contribution in [1.82, 2.24) is 5.32 Å². The fourth-order valence-corrected chi connectivity index (χ4v) is 3.75. The monoisotopic (exact) mass is 433 g/mol. The summed E-state index contributed by atoms with van der Waals surface area (Å²) in [6.07, 6.45) is 0.395. The molecular weight excluding hydrogens is 410 g/mol. The second-order valence-electron chi connectivity index (χ2n) is 6.79. The first-order chi connectivity index (χ1) is 15.1. The molecule has 31 heavy (non-hydrogen) atoms. The summed E-state index contributed by atoms with van der Waals surface area (Å²) in [4.78, 5) is 37.2. The smallest absolute Gasteiger partial charge is 0.338 e. The second-order valence-corrected chi connectivity index (χ2v) is 7.78. The van der Waals surface area contributed by atoms with E-state index in [1.54, 1.807) is 60.7 Å². The van der Waals surface area contributed by atoms with E-state index < -0.39 is 5.97 Å². The van der Waals surface area contributed by atoms with E-state index in [0.717, 1.165) is 11.8 Å². The van der Waals surface area contributed by atoms with E-state index in [2.05, 4.69) is 5.32 Å². The first-order valence-corrected chi connectivity index (χ1v) is 10.9. The molecule has 1 amide bonds. The molecule has 0 fully saturated rings. The summed E-state index contributed by atoms with van der Waals surface area (Å²) < 4.78 is 5.35. The van der Waals surface area contributed by atoms with Gasteiger partial charge in [-0.1, -0.05) is 78.5 Å². The lowest BCUT2D eigenvalue weighted by atomic mass is 10.2. The van der Waals surface area contributed by atoms with Gasteiger partial charge in [0.2, 0.25) is 5.12 Å². The van der Waals surface area contributed by atoms with Crippen molar-refractivity contribution in [3.05, 3.63) is 108 Å². The highest BCUT2D eigenvalue weighted by atomic mass is 32.2. The summed E-state index contributed by atoms with van der Waals surface area (Å²) in [5.41, 5.74) is 1.62. The molecule has 0 bridgehead atoms. The third-order valence-electron chi connectivity index (χ3n) is 4.51. The van der Waals surface area contributed by atoms with Gasteiger partial charge in [-0.15, -0.1) is 0 Å². The Balaban J connectivity index is 1.58. The molecule has 0 saturated heterocycles. The fraction of sp³-hybridized carbons (Fsp3) is 0.160. The number of nitrogens with one attached hydrogen (secondary N) is 1. The lowest BCUT2D eigenvalue weighted by Crippen LogP contribution is -2.38. The van der Waals surface area contributed by atoms with Gasteiger partial charge in [0.15, 0.2) is 0 Å². The van der Waals surface area contributed by atoms with Gasteiger partial charge in [-0.2, -0.15) is 0 Å². The number of hydrogen-bond donors (Lipinski definition) is 1. The number of amides is 1. The van der Waals surface area contributed by atoms with E-state index in [9.17, 15) is 14.4 Å². The van der Waals surface area contributed by atoms with Crippen LogP contribution in [-0.2, 0) is 4.74 Å². The Bertz CT molecular complexity index is 994. The van der Waals surface area contributed by atoms with E-state index in [1.807, 2.05) is 30.3 Å². The van der Waals surface area contributed by atoms with Crippen molar-refractivity contribution in [2.24, 2.45) is 0 Å². The largest absolute Gasteiger partial charge is 0.462 e. The third-order valence-corrected chi connectivity index (χ3v) is 5.57. The highest BCUT2D eigenvalue weighted by Gasteiger charge is 2.17. The Kier molecular flexibility index (Phi) is 8.43. The summed E-state index contributed by atoms with van der Waals surface area (Å²) in [5, 5.41) is 2.88. The molecule has 5 nitrogen and oxygen atoms in total. The maximum absolute atomic E-state index is 12.6. The standard InChI is InChI=1S/C25H23NO4S/c27-23(19-10-4-1-5-11-19)26-22(18-31-25(29)21-14-8-3-9-15-21)16-17-30-24(28)20-12-6-2-7-13-20/h1-15,22H,16-18H2,(H,26,27). The van der Waals surface area contributed by atoms with Gasteiger partial charge in [0, 0.05) is 29.3 Å². The van der Waals surface area contributed by atoms with Gasteiger partial charge in [-0.3, -0.25) is 9.59 Å². The highest BCUT2D eigenvalue weighted by molar-refractivity contribution is 8.14. The van der Waals surface area contributed by atoms with Crippen LogP contribution in [0.4, 0.5) is 0 Å². The van der Waals surface area contributed by atoms with Crippen LogP contribution in [-0.4, -0.2) is 35.4 Å². The number of rotatable bonds is 9. The lowest BCUT2D eigenvalue weighted by Gasteiger charge is -2.18. The molecule has 0 radical (unpaired) electrons. The van der Waals surface area contributed by atoms with E-state index >= 15 is 0 Å². The van der Waals surface area contributed by atoms with Crippen molar-refractivity contribution in [1.29, 1.82) is 0 Å². The van der Waals surface area contributed by atoms with Gasteiger partial charge in [-0.25, -0.2) is 4.79 Å². The molecule has 1 N–H and O–H groups in total. The summed E-state index contributed by atoms with van der Waals surface area (Å²) in [5.74, 6) is -0.274. The topological polar surface area (TPSA) is 72.5 Å². The first kappa shape index (κ1) is 22.3. The number of esters is 1. The number of carbonyl (C=O) groups excluding carboxylic acids is 3. The molecule has 0 aliphatic carbocycles. The predicted octanol–water partition coefficient (Wildman–Crippen LogP) is 4.61. The first-order valence-electron chi connectivity index (χ1n) is 9.94. The third kappa shape index (κ3) is 7.12. The van der Waals surface area contributed by atoms with Crippen LogP contribution in [0.5, 0.6) is 0 Å². The highest BCUT2D eigenvalue weighted by Crippen LogP contribution is 2.15. The van der Waals surface area contributed by atoms with Crippen molar-refractivity contribution in [3.63, 3.8) is 0 Å². The van der Waals surface area contributed by atoms with Gasteiger partial charge >= 0.3 is 5.97 Å². The number of thioether (sulfide) groups is 1. The molecule has 0 aliphatic heterocycles. The van der Waals surface area contributed by atoms with Crippen LogP contribution in [0.1, 0.15) is 37.5 Å². The van der Waals surface area contributed by atoms with Crippen LogP contribution in [0.25, 0.3) is 0 Å². The molecule has 0 aliphatic rings. The van der Waals surface area contributed by atoms with Crippen molar-refractivity contribution in [2.75, 3.05) is 12.4 Å². The quantitative estimate of drug-likeness (QED) is 0.499. The van der Waals surface area contributed by atoms with Crippen LogP contribution >= 0.6 is 11.8 Å². The number of hydrogen-bond acceptors (Lipinski definition) is 5. The van der Waals surface area contributed by atoms with E-state index in [-0.39, 0.29) is 23.7 Å². The van der Waals surface area contributed by atoms with Crippen molar-refractivity contribution in [3.8, 4) is 0 Å². The van der Waals surface area contributed by atoms with Gasteiger partial charge in [0.05, 0.1) is 12.2 Å². The minimum atomic E-state index is -0.415. The molecule has 1 atom stereocenters. The summed E-state index contributed by atoms with van der Waals surface area (Å²) in [7, 11) is 0. The van der Waals surface area contributed by atoms with Crippen LogP contribution in [0.15, 0.2) is 91.0 Å².